The van der Waals surface area contributed by atoms with Gasteiger partial charge in [-0.1, -0.05) is 127 Å². The summed E-state index contributed by atoms with van der Waals surface area (Å²) >= 11 is 0. The molecule has 1 unspecified atom stereocenters. The summed E-state index contributed by atoms with van der Waals surface area (Å²) in [7, 11) is 0. The fraction of sp³-hybridized carbons (Fsp3) is 0.132. The van der Waals surface area contributed by atoms with Gasteiger partial charge in [-0.05, 0) is 41.0 Å². The molecule has 0 aliphatic carbocycles. The number of esters is 3. The van der Waals surface area contributed by atoms with E-state index in [2.05, 4.69) is 0 Å². The standard InChI is InChI=1S/C38H30O7/c39-35(27-16-6-1-7-17-27)44-33-32(43-37(41)34(33)45-36(40)28-18-8-2-9-19-28)26-42-38(29-20-10-3-11-21-29,30-22-12-4-13-23-30)31-24-14-5-15-25-31/h1-25,32-34H,26H2/t32-,33-,34?/m0/s1. The van der Waals surface area contributed by atoms with Crippen LogP contribution in [0.1, 0.15) is 37.4 Å². The zero-order valence-electron chi connectivity index (χ0n) is 24.2. The molecular weight excluding hydrogens is 568 g/mol. The van der Waals surface area contributed by atoms with E-state index in [0.29, 0.717) is 0 Å². The van der Waals surface area contributed by atoms with Crippen LogP contribution in [0.15, 0.2) is 152 Å². The predicted octanol–water partition coefficient (Wildman–Crippen LogP) is 6.37. The van der Waals surface area contributed by atoms with E-state index in [0.717, 1.165) is 16.7 Å². The topological polar surface area (TPSA) is 88.1 Å². The average molecular weight is 599 g/mol. The highest BCUT2D eigenvalue weighted by molar-refractivity contribution is 5.93. The largest absolute Gasteiger partial charge is 0.453 e. The highest BCUT2D eigenvalue weighted by atomic mass is 16.7. The summed E-state index contributed by atoms with van der Waals surface area (Å²) in [6.07, 6.45) is -3.87. The number of benzene rings is 5. The van der Waals surface area contributed by atoms with E-state index in [1.807, 2.05) is 91.0 Å². The number of hydrogen-bond donors (Lipinski definition) is 0. The van der Waals surface area contributed by atoms with Gasteiger partial charge in [0.05, 0.1) is 17.7 Å². The maximum atomic E-state index is 13.3. The highest BCUT2D eigenvalue weighted by Crippen LogP contribution is 2.41. The summed E-state index contributed by atoms with van der Waals surface area (Å²) in [4.78, 5) is 39.5. The Balaban J connectivity index is 1.36. The Morgan fingerprint density at radius 1 is 0.556 bits per heavy atom. The third-order valence-electron chi connectivity index (χ3n) is 7.67. The van der Waals surface area contributed by atoms with Crippen molar-refractivity contribution in [3.8, 4) is 0 Å². The fourth-order valence-corrected chi connectivity index (χ4v) is 5.49. The minimum atomic E-state index is -1.50. The second kappa shape index (κ2) is 13.4. The van der Waals surface area contributed by atoms with Gasteiger partial charge in [0, 0.05) is 0 Å². The average Bonchev–Trinajstić information content (AvgIpc) is 3.39. The molecular formula is C38H30O7. The van der Waals surface area contributed by atoms with Crippen LogP contribution in [0.3, 0.4) is 0 Å². The predicted molar refractivity (Wildman–Crippen MR) is 166 cm³/mol. The molecule has 1 fully saturated rings. The molecule has 7 heteroatoms. The Hall–Kier alpha value is -5.53. The molecule has 1 aliphatic heterocycles. The number of carbonyl (C=O) groups excluding carboxylic acids is 3. The molecule has 0 spiro atoms. The van der Waals surface area contributed by atoms with E-state index in [4.69, 9.17) is 18.9 Å². The van der Waals surface area contributed by atoms with Crippen molar-refractivity contribution in [3.05, 3.63) is 179 Å². The lowest BCUT2D eigenvalue weighted by Gasteiger charge is -2.37. The third kappa shape index (κ3) is 6.25. The van der Waals surface area contributed by atoms with Crippen LogP contribution in [-0.2, 0) is 29.3 Å². The van der Waals surface area contributed by atoms with Gasteiger partial charge < -0.3 is 18.9 Å². The second-order valence-corrected chi connectivity index (χ2v) is 10.5. The molecule has 224 valence electrons. The fourth-order valence-electron chi connectivity index (χ4n) is 5.49. The third-order valence-corrected chi connectivity index (χ3v) is 7.67. The van der Waals surface area contributed by atoms with Crippen LogP contribution in [-0.4, -0.2) is 42.8 Å². The van der Waals surface area contributed by atoms with Crippen molar-refractivity contribution in [2.24, 2.45) is 0 Å². The van der Waals surface area contributed by atoms with Crippen LogP contribution >= 0.6 is 0 Å². The van der Waals surface area contributed by atoms with Crippen molar-refractivity contribution in [1.29, 1.82) is 0 Å². The molecule has 1 heterocycles. The van der Waals surface area contributed by atoms with Crippen LogP contribution in [0.25, 0.3) is 0 Å². The lowest BCUT2D eigenvalue weighted by atomic mass is 9.80. The molecule has 0 amide bonds. The van der Waals surface area contributed by atoms with Crippen molar-refractivity contribution in [1.82, 2.24) is 0 Å². The van der Waals surface area contributed by atoms with Crippen molar-refractivity contribution >= 4 is 17.9 Å². The Morgan fingerprint density at radius 2 is 0.933 bits per heavy atom. The Kier molecular flexibility index (Phi) is 8.80. The maximum Gasteiger partial charge on any atom is 0.352 e. The Labute approximate surface area is 261 Å². The Bertz CT molecular complexity index is 1630. The molecule has 1 aliphatic rings. The first kappa shape index (κ1) is 29.5. The highest BCUT2D eigenvalue weighted by Gasteiger charge is 2.52. The SMILES string of the molecule is O=C(OC1C(=O)O[C@@H](COC(c2ccccc2)(c2ccccc2)c2ccccc2)[C@@H]1OC(=O)c1ccccc1)c1ccccc1. The van der Waals surface area contributed by atoms with Gasteiger partial charge in [0.1, 0.15) is 5.60 Å². The minimum Gasteiger partial charge on any atom is -0.453 e. The summed E-state index contributed by atoms with van der Waals surface area (Å²) in [5.74, 6) is -2.26. The molecule has 0 bridgehead atoms. The first-order chi connectivity index (χ1) is 22.1. The second-order valence-electron chi connectivity index (χ2n) is 10.5. The van der Waals surface area contributed by atoms with Crippen molar-refractivity contribution < 1.29 is 33.3 Å². The van der Waals surface area contributed by atoms with Gasteiger partial charge >= 0.3 is 17.9 Å². The summed E-state index contributed by atoms with van der Waals surface area (Å²) < 4.78 is 24.1. The van der Waals surface area contributed by atoms with Crippen LogP contribution < -0.4 is 0 Å². The van der Waals surface area contributed by atoms with Gasteiger partial charge in [0.25, 0.3) is 0 Å². The molecule has 0 saturated carbocycles. The molecule has 3 atom stereocenters. The van der Waals surface area contributed by atoms with Crippen LogP contribution in [0.4, 0.5) is 0 Å². The molecule has 6 rings (SSSR count). The molecule has 5 aromatic rings. The van der Waals surface area contributed by atoms with Gasteiger partial charge in [-0.15, -0.1) is 0 Å². The summed E-state index contributed by atoms with van der Waals surface area (Å²) in [5.41, 5.74) is 1.93. The van der Waals surface area contributed by atoms with Crippen LogP contribution in [0, 0.1) is 0 Å². The van der Waals surface area contributed by atoms with E-state index in [1.165, 1.54) is 0 Å². The molecule has 0 aromatic heterocycles. The zero-order valence-corrected chi connectivity index (χ0v) is 24.2. The van der Waals surface area contributed by atoms with Crippen LogP contribution in [0.2, 0.25) is 0 Å². The van der Waals surface area contributed by atoms with Crippen LogP contribution in [0.5, 0.6) is 0 Å². The molecule has 7 nitrogen and oxygen atoms in total. The smallest absolute Gasteiger partial charge is 0.352 e. The summed E-state index contributed by atoms with van der Waals surface area (Å²) in [6, 6.07) is 45.8. The first-order valence-corrected chi connectivity index (χ1v) is 14.6. The Morgan fingerprint density at radius 3 is 1.36 bits per heavy atom. The minimum absolute atomic E-state index is 0.184. The first-order valence-electron chi connectivity index (χ1n) is 14.6. The molecule has 0 N–H and O–H groups in total. The number of ether oxygens (including phenoxy) is 4. The van der Waals surface area contributed by atoms with Crippen molar-refractivity contribution in [2.45, 2.75) is 23.9 Å². The van der Waals surface area contributed by atoms with Gasteiger partial charge in [-0.3, -0.25) is 0 Å². The van der Waals surface area contributed by atoms with E-state index in [9.17, 15) is 14.4 Å². The summed E-state index contributed by atoms with van der Waals surface area (Å²) in [6.45, 7) is -0.184. The number of carbonyl (C=O) groups is 3. The number of rotatable bonds is 10. The lowest BCUT2D eigenvalue weighted by molar-refractivity contribution is -0.150. The van der Waals surface area contributed by atoms with Gasteiger partial charge in [0.15, 0.2) is 12.2 Å². The van der Waals surface area contributed by atoms with E-state index in [1.54, 1.807) is 60.7 Å². The number of cyclic esters (lactones) is 1. The monoisotopic (exact) mass is 598 g/mol. The molecule has 1 saturated heterocycles. The lowest BCUT2D eigenvalue weighted by Crippen LogP contribution is -2.43. The van der Waals surface area contributed by atoms with Crippen molar-refractivity contribution in [3.63, 3.8) is 0 Å². The maximum absolute atomic E-state index is 13.3. The van der Waals surface area contributed by atoms with Gasteiger partial charge in [-0.2, -0.15) is 0 Å². The normalized spacial score (nSPS) is 17.7. The summed E-state index contributed by atoms with van der Waals surface area (Å²) in [5, 5.41) is 0. The zero-order chi connectivity index (χ0) is 31.1. The number of hydrogen-bond acceptors (Lipinski definition) is 7. The van der Waals surface area contributed by atoms with Gasteiger partial charge in [-0.25, -0.2) is 14.4 Å². The van der Waals surface area contributed by atoms with Crippen molar-refractivity contribution in [2.75, 3.05) is 6.61 Å². The van der Waals surface area contributed by atoms with E-state index >= 15 is 0 Å². The molecule has 0 radical (unpaired) electrons. The quantitative estimate of drug-likeness (QED) is 0.105. The van der Waals surface area contributed by atoms with E-state index in [-0.39, 0.29) is 17.7 Å². The molecule has 45 heavy (non-hydrogen) atoms. The van der Waals surface area contributed by atoms with Gasteiger partial charge in [0.2, 0.25) is 6.10 Å². The van der Waals surface area contributed by atoms with E-state index < -0.39 is 41.8 Å². The molecule has 5 aromatic carbocycles.